The molecule has 1 aliphatic heterocycles. The Morgan fingerprint density at radius 2 is 1.76 bits per heavy atom. The molecule has 1 aromatic carbocycles. The lowest BCUT2D eigenvalue weighted by atomic mass is 10.1. The monoisotopic (exact) mass is 288 g/mol. The van der Waals surface area contributed by atoms with E-state index in [-0.39, 0.29) is 18.5 Å². The fourth-order valence-electron chi connectivity index (χ4n) is 2.36. The van der Waals surface area contributed by atoms with Crippen LogP contribution in [0, 0.1) is 0 Å². The van der Waals surface area contributed by atoms with E-state index in [4.69, 9.17) is 14.2 Å². The summed E-state index contributed by atoms with van der Waals surface area (Å²) in [5.74, 6) is 0.867. The highest BCUT2D eigenvalue weighted by Crippen LogP contribution is 2.20. The molecule has 3 atom stereocenters. The summed E-state index contributed by atoms with van der Waals surface area (Å²) < 4.78 is 16.7. The van der Waals surface area contributed by atoms with Crippen molar-refractivity contribution in [2.45, 2.75) is 45.7 Å². The summed E-state index contributed by atoms with van der Waals surface area (Å²) in [5, 5.41) is 0. The Labute approximate surface area is 127 Å². The van der Waals surface area contributed by atoms with E-state index in [0.29, 0.717) is 0 Å². The first-order chi connectivity index (χ1) is 10.1. The van der Waals surface area contributed by atoms with Crippen LogP contribution in [0.3, 0.4) is 0 Å². The van der Waals surface area contributed by atoms with Crippen LogP contribution in [0.4, 0.5) is 0 Å². The third-order valence-corrected chi connectivity index (χ3v) is 3.45. The average Bonchev–Trinajstić information content (AvgIpc) is 2.44. The first-order valence-corrected chi connectivity index (χ1v) is 7.38. The number of benzene rings is 1. The third kappa shape index (κ3) is 5.03. The van der Waals surface area contributed by atoms with E-state index in [9.17, 15) is 0 Å². The van der Waals surface area contributed by atoms with Crippen LogP contribution in [0.2, 0.25) is 0 Å². The van der Waals surface area contributed by atoms with Gasteiger partial charge in [-0.05, 0) is 51.0 Å². The molecule has 1 heterocycles. The van der Waals surface area contributed by atoms with Crippen LogP contribution in [0.1, 0.15) is 32.8 Å². The van der Waals surface area contributed by atoms with Gasteiger partial charge in [-0.25, -0.2) is 0 Å². The first kappa shape index (κ1) is 15.8. The van der Waals surface area contributed by atoms with Crippen molar-refractivity contribution in [3.8, 4) is 5.75 Å². The van der Waals surface area contributed by atoms with Gasteiger partial charge in [-0.15, -0.1) is 0 Å². The maximum atomic E-state index is 5.76. The molecule has 0 bridgehead atoms. The van der Waals surface area contributed by atoms with E-state index < -0.39 is 0 Å². The highest BCUT2D eigenvalue weighted by Gasteiger charge is 2.22. The summed E-state index contributed by atoms with van der Waals surface area (Å²) in [7, 11) is 1.67. The molecule has 21 heavy (non-hydrogen) atoms. The molecule has 3 nitrogen and oxygen atoms in total. The largest absolute Gasteiger partial charge is 0.497 e. The predicted molar refractivity (Wildman–Crippen MR) is 85.3 cm³/mol. The molecule has 0 spiro atoms. The Morgan fingerprint density at radius 1 is 1.14 bits per heavy atom. The minimum absolute atomic E-state index is 0.244. The summed E-state index contributed by atoms with van der Waals surface area (Å²) in [6, 6.07) is 7.96. The second kappa shape index (κ2) is 7.43. The predicted octanol–water partition coefficient (Wildman–Crippen LogP) is 4.19. The van der Waals surface area contributed by atoms with Crippen LogP contribution in [-0.2, 0) is 9.47 Å². The molecule has 114 valence electrons. The summed E-state index contributed by atoms with van der Waals surface area (Å²) in [4.78, 5) is 0. The summed E-state index contributed by atoms with van der Waals surface area (Å²) in [6.45, 7) is 6.22. The second-order valence-corrected chi connectivity index (χ2v) is 5.51. The van der Waals surface area contributed by atoms with Gasteiger partial charge in [0, 0.05) is 0 Å². The number of allylic oxidation sites excluding steroid dienone is 2. The Hall–Kier alpha value is -1.58. The van der Waals surface area contributed by atoms with E-state index in [2.05, 4.69) is 32.9 Å². The molecule has 1 unspecified atom stereocenters. The van der Waals surface area contributed by atoms with Crippen molar-refractivity contribution in [3.05, 3.63) is 47.6 Å². The van der Waals surface area contributed by atoms with E-state index in [1.165, 1.54) is 0 Å². The van der Waals surface area contributed by atoms with Crippen molar-refractivity contribution in [2.24, 2.45) is 0 Å². The normalized spacial score (nSPS) is 27.0. The zero-order valence-corrected chi connectivity index (χ0v) is 13.2. The molecule has 0 N–H and O–H groups in total. The van der Waals surface area contributed by atoms with Crippen LogP contribution < -0.4 is 4.74 Å². The van der Waals surface area contributed by atoms with Crippen molar-refractivity contribution < 1.29 is 14.2 Å². The number of ether oxygens (including phenoxy) is 3. The van der Waals surface area contributed by atoms with Gasteiger partial charge in [-0.2, -0.15) is 0 Å². The molecular weight excluding hydrogens is 264 g/mol. The first-order valence-electron chi connectivity index (χ1n) is 7.38. The minimum atomic E-state index is -0.246. The summed E-state index contributed by atoms with van der Waals surface area (Å²) in [6.07, 6.45) is 7.35. The van der Waals surface area contributed by atoms with Gasteiger partial charge in [-0.3, -0.25) is 0 Å². The maximum Gasteiger partial charge on any atom is 0.177 e. The molecule has 2 rings (SSSR count). The number of rotatable bonds is 4. The van der Waals surface area contributed by atoms with Crippen molar-refractivity contribution in [1.82, 2.24) is 0 Å². The zero-order chi connectivity index (χ0) is 15.2. The van der Waals surface area contributed by atoms with Crippen LogP contribution in [0.5, 0.6) is 5.75 Å². The van der Waals surface area contributed by atoms with E-state index in [0.717, 1.165) is 23.3 Å². The molecule has 3 heteroatoms. The molecule has 0 saturated carbocycles. The Bertz CT molecular complexity index is 492. The van der Waals surface area contributed by atoms with Crippen molar-refractivity contribution in [2.75, 3.05) is 7.11 Å². The fourth-order valence-corrected chi connectivity index (χ4v) is 2.36. The van der Waals surface area contributed by atoms with Crippen molar-refractivity contribution >= 4 is 6.08 Å². The van der Waals surface area contributed by atoms with Gasteiger partial charge in [0.1, 0.15) is 5.75 Å². The molecule has 0 radical (unpaired) electrons. The highest BCUT2D eigenvalue weighted by molar-refractivity contribution is 5.53. The molecule has 0 aliphatic carbocycles. The lowest BCUT2D eigenvalue weighted by Crippen LogP contribution is -2.34. The topological polar surface area (TPSA) is 27.7 Å². The lowest BCUT2D eigenvalue weighted by molar-refractivity contribution is -0.210. The smallest absolute Gasteiger partial charge is 0.177 e. The number of hydrogen-bond acceptors (Lipinski definition) is 3. The van der Waals surface area contributed by atoms with Crippen molar-refractivity contribution in [1.29, 1.82) is 0 Å². The van der Waals surface area contributed by atoms with E-state index in [1.54, 1.807) is 7.11 Å². The van der Waals surface area contributed by atoms with Crippen LogP contribution in [-0.4, -0.2) is 25.6 Å². The van der Waals surface area contributed by atoms with Gasteiger partial charge in [0.05, 0.1) is 19.3 Å². The maximum absolute atomic E-state index is 5.76. The fraction of sp³-hybridized carbons (Fsp3) is 0.444. The lowest BCUT2D eigenvalue weighted by Gasteiger charge is -2.31. The molecule has 0 aromatic heterocycles. The van der Waals surface area contributed by atoms with Gasteiger partial charge < -0.3 is 14.2 Å². The number of hydrogen-bond donors (Lipinski definition) is 0. The van der Waals surface area contributed by atoms with E-state index in [1.807, 2.05) is 30.3 Å². The highest BCUT2D eigenvalue weighted by atomic mass is 16.7. The standard InChI is InChI=1S/C18H24O3/c1-13(11-18-20-14(2)12-15(3)21-18)5-6-16-7-9-17(19-4)10-8-16/h5-11,14-15,18H,12H2,1-4H3/b6-5+,13-11+/t14-,15+,18?. The van der Waals surface area contributed by atoms with Gasteiger partial charge in [0.2, 0.25) is 0 Å². The van der Waals surface area contributed by atoms with Gasteiger partial charge in [-0.1, -0.05) is 29.9 Å². The van der Waals surface area contributed by atoms with Crippen LogP contribution in [0.25, 0.3) is 6.08 Å². The number of methoxy groups -OCH3 is 1. The summed E-state index contributed by atoms with van der Waals surface area (Å²) in [5.41, 5.74) is 2.26. The molecule has 1 saturated heterocycles. The zero-order valence-electron chi connectivity index (χ0n) is 13.2. The Morgan fingerprint density at radius 3 is 2.33 bits per heavy atom. The second-order valence-electron chi connectivity index (χ2n) is 5.51. The Balaban J connectivity index is 1.97. The van der Waals surface area contributed by atoms with Crippen LogP contribution in [0.15, 0.2) is 42.0 Å². The third-order valence-electron chi connectivity index (χ3n) is 3.45. The average molecular weight is 288 g/mol. The van der Waals surface area contributed by atoms with Crippen molar-refractivity contribution in [3.63, 3.8) is 0 Å². The molecule has 0 amide bonds. The van der Waals surface area contributed by atoms with Gasteiger partial charge in [0.25, 0.3) is 0 Å². The molecule has 1 aromatic rings. The van der Waals surface area contributed by atoms with Gasteiger partial charge >= 0.3 is 0 Å². The Kier molecular flexibility index (Phi) is 5.59. The molecule has 1 fully saturated rings. The quantitative estimate of drug-likeness (QED) is 0.777. The van der Waals surface area contributed by atoms with E-state index >= 15 is 0 Å². The van der Waals surface area contributed by atoms with Crippen LogP contribution >= 0.6 is 0 Å². The molecular formula is C18H24O3. The minimum Gasteiger partial charge on any atom is -0.497 e. The molecule has 1 aliphatic rings. The summed E-state index contributed by atoms with van der Waals surface area (Å²) >= 11 is 0. The van der Waals surface area contributed by atoms with Gasteiger partial charge in [0.15, 0.2) is 6.29 Å². The SMILES string of the molecule is COc1ccc(/C=C/C(C)=C/C2O[C@H](C)C[C@H](C)O2)cc1.